The molecule has 9 heteroatoms. The number of carbonyl (C=O) groups excluding carboxylic acids is 3. The lowest BCUT2D eigenvalue weighted by atomic mass is 9.95. The molecule has 0 bridgehead atoms. The van der Waals surface area contributed by atoms with E-state index < -0.39 is 24.0 Å². The third-order valence-corrected chi connectivity index (χ3v) is 4.54. The molecule has 1 N–H and O–H groups in total. The van der Waals surface area contributed by atoms with Crippen molar-refractivity contribution < 1.29 is 27.6 Å². The highest BCUT2D eigenvalue weighted by atomic mass is 19.4. The lowest BCUT2D eigenvalue weighted by Gasteiger charge is -2.32. The monoisotopic (exact) mass is 349 g/mol. The molecular weight excluding hydrogens is 327 g/mol. The molecule has 0 aliphatic carbocycles. The summed E-state index contributed by atoms with van der Waals surface area (Å²) in [7, 11) is 0. The number of nitrogens with one attached hydrogen (secondary N) is 1. The average molecular weight is 349 g/mol. The number of alkyl halides is 3. The molecule has 6 nitrogen and oxygen atoms in total. The summed E-state index contributed by atoms with van der Waals surface area (Å²) in [5, 5.41) is 2.64. The van der Waals surface area contributed by atoms with E-state index >= 15 is 0 Å². The summed E-state index contributed by atoms with van der Waals surface area (Å²) in [4.78, 5) is 37.9. The van der Waals surface area contributed by atoms with Crippen LogP contribution in [0.4, 0.5) is 13.2 Å². The van der Waals surface area contributed by atoms with Gasteiger partial charge in [-0.25, -0.2) is 0 Å². The number of rotatable bonds is 3. The van der Waals surface area contributed by atoms with Gasteiger partial charge in [-0.05, 0) is 32.6 Å². The second kappa shape index (κ2) is 7.40. The molecule has 2 saturated heterocycles. The van der Waals surface area contributed by atoms with Gasteiger partial charge in [-0.3, -0.25) is 14.4 Å². The van der Waals surface area contributed by atoms with Crippen molar-refractivity contribution in [1.82, 2.24) is 15.1 Å². The van der Waals surface area contributed by atoms with Crippen molar-refractivity contribution in [2.24, 2.45) is 5.92 Å². The van der Waals surface area contributed by atoms with Gasteiger partial charge in [0.1, 0.15) is 6.04 Å². The van der Waals surface area contributed by atoms with Crippen LogP contribution in [0.5, 0.6) is 0 Å². The van der Waals surface area contributed by atoms with E-state index in [2.05, 4.69) is 5.32 Å². The van der Waals surface area contributed by atoms with E-state index in [1.165, 1.54) is 0 Å². The molecule has 1 atom stereocenters. The molecule has 2 aliphatic heterocycles. The van der Waals surface area contributed by atoms with Crippen LogP contribution < -0.4 is 5.32 Å². The second-order valence-electron chi connectivity index (χ2n) is 6.33. The van der Waals surface area contributed by atoms with Crippen molar-refractivity contribution in [3.8, 4) is 0 Å². The van der Waals surface area contributed by atoms with Crippen LogP contribution in [-0.2, 0) is 14.4 Å². The first-order valence-electron chi connectivity index (χ1n) is 8.15. The van der Waals surface area contributed by atoms with Crippen LogP contribution in [0, 0.1) is 5.92 Å². The third-order valence-electron chi connectivity index (χ3n) is 4.54. The minimum Gasteiger partial charge on any atom is -0.344 e. The number of hydrogen-bond acceptors (Lipinski definition) is 3. The number of carbonyl (C=O) groups is 3. The Hall–Kier alpha value is -1.80. The normalized spacial score (nSPS) is 20.8. The summed E-state index contributed by atoms with van der Waals surface area (Å²) in [6.45, 7) is 2.78. The predicted molar refractivity (Wildman–Crippen MR) is 78.8 cm³/mol. The largest absolute Gasteiger partial charge is 0.471 e. The fourth-order valence-corrected chi connectivity index (χ4v) is 3.13. The Morgan fingerprint density at radius 2 is 1.54 bits per heavy atom. The van der Waals surface area contributed by atoms with E-state index in [1.54, 1.807) is 11.8 Å². The number of likely N-dealkylation sites (tertiary alicyclic amines) is 2. The average Bonchev–Trinajstić information content (AvgIpc) is 3.07. The van der Waals surface area contributed by atoms with Crippen molar-refractivity contribution in [3.63, 3.8) is 0 Å². The predicted octanol–water partition coefficient (Wildman–Crippen LogP) is 0.914. The summed E-state index contributed by atoms with van der Waals surface area (Å²) in [5.74, 6) is -2.81. The Bertz CT molecular complexity index is 496. The van der Waals surface area contributed by atoms with Crippen LogP contribution in [0.3, 0.4) is 0 Å². The van der Waals surface area contributed by atoms with E-state index in [4.69, 9.17) is 0 Å². The van der Waals surface area contributed by atoms with Crippen LogP contribution in [0.15, 0.2) is 0 Å². The van der Waals surface area contributed by atoms with Gasteiger partial charge in [0.2, 0.25) is 11.8 Å². The fraction of sp³-hybridized carbons (Fsp3) is 0.800. The zero-order valence-electron chi connectivity index (χ0n) is 13.6. The smallest absolute Gasteiger partial charge is 0.344 e. The molecule has 2 rings (SSSR count). The number of amides is 3. The molecule has 0 aromatic rings. The van der Waals surface area contributed by atoms with Gasteiger partial charge in [-0.2, -0.15) is 13.2 Å². The first kappa shape index (κ1) is 18.5. The van der Waals surface area contributed by atoms with Gasteiger partial charge in [0.25, 0.3) is 0 Å². The number of piperidine rings is 1. The highest BCUT2D eigenvalue weighted by Gasteiger charge is 2.43. The van der Waals surface area contributed by atoms with Crippen LogP contribution in [0.1, 0.15) is 32.6 Å². The maximum absolute atomic E-state index is 12.4. The molecule has 0 radical (unpaired) electrons. The topological polar surface area (TPSA) is 69.7 Å². The van der Waals surface area contributed by atoms with E-state index in [0.717, 1.165) is 17.7 Å². The minimum atomic E-state index is -4.88. The number of halogens is 3. The molecule has 0 aromatic carbocycles. The molecule has 24 heavy (non-hydrogen) atoms. The molecule has 3 amide bonds. The van der Waals surface area contributed by atoms with Crippen LogP contribution in [0.25, 0.3) is 0 Å². The van der Waals surface area contributed by atoms with Gasteiger partial charge in [0.15, 0.2) is 0 Å². The highest BCUT2D eigenvalue weighted by Crippen LogP contribution is 2.24. The second-order valence-corrected chi connectivity index (χ2v) is 6.33. The molecule has 0 spiro atoms. The van der Waals surface area contributed by atoms with E-state index in [0.29, 0.717) is 13.1 Å². The summed E-state index contributed by atoms with van der Waals surface area (Å²) in [6, 6.07) is -0.648. The lowest BCUT2D eigenvalue weighted by molar-refractivity contribution is -0.186. The van der Waals surface area contributed by atoms with Gasteiger partial charge in [0, 0.05) is 32.1 Å². The van der Waals surface area contributed by atoms with Crippen LogP contribution >= 0.6 is 0 Å². The van der Waals surface area contributed by atoms with Crippen molar-refractivity contribution in [2.45, 2.75) is 44.8 Å². The minimum absolute atomic E-state index is 0.106. The molecule has 0 aromatic heterocycles. The van der Waals surface area contributed by atoms with Crippen LogP contribution in [0.2, 0.25) is 0 Å². The zero-order valence-corrected chi connectivity index (χ0v) is 13.6. The summed E-state index contributed by atoms with van der Waals surface area (Å²) in [5.41, 5.74) is 0. The molecule has 2 heterocycles. The van der Waals surface area contributed by atoms with Gasteiger partial charge >= 0.3 is 12.1 Å². The first-order chi connectivity index (χ1) is 11.2. The van der Waals surface area contributed by atoms with E-state index in [9.17, 15) is 27.6 Å². The molecule has 0 saturated carbocycles. The van der Waals surface area contributed by atoms with Gasteiger partial charge in [-0.1, -0.05) is 0 Å². The van der Waals surface area contributed by atoms with Gasteiger partial charge in [0.05, 0.1) is 0 Å². The van der Waals surface area contributed by atoms with Crippen molar-refractivity contribution in [1.29, 1.82) is 0 Å². The van der Waals surface area contributed by atoms with Gasteiger partial charge in [-0.15, -0.1) is 0 Å². The summed E-state index contributed by atoms with van der Waals surface area (Å²) < 4.78 is 37.2. The maximum atomic E-state index is 12.4. The zero-order chi connectivity index (χ0) is 17.9. The van der Waals surface area contributed by atoms with Crippen molar-refractivity contribution in [3.05, 3.63) is 0 Å². The fourth-order valence-electron chi connectivity index (χ4n) is 3.13. The van der Waals surface area contributed by atoms with E-state index in [1.807, 2.05) is 0 Å². The third kappa shape index (κ3) is 4.39. The molecule has 2 fully saturated rings. The molecule has 0 unspecified atom stereocenters. The quantitative estimate of drug-likeness (QED) is 0.824. The molecule has 2 aliphatic rings. The lowest BCUT2D eigenvalue weighted by Crippen LogP contribution is -2.51. The first-order valence-corrected chi connectivity index (χ1v) is 8.15. The van der Waals surface area contributed by atoms with Crippen LogP contribution in [-0.4, -0.2) is 65.9 Å². The summed E-state index contributed by atoms with van der Waals surface area (Å²) >= 11 is 0. The Morgan fingerprint density at radius 3 is 2.04 bits per heavy atom. The van der Waals surface area contributed by atoms with Crippen molar-refractivity contribution >= 4 is 17.7 Å². The molecule has 136 valence electrons. The Labute approximate surface area is 138 Å². The maximum Gasteiger partial charge on any atom is 0.471 e. The Morgan fingerprint density at radius 1 is 1.00 bits per heavy atom. The Kier molecular flexibility index (Phi) is 5.71. The summed E-state index contributed by atoms with van der Waals surface area (Å²) in [6.07, 6.45) is -2.64. The number of hydrogen-bond donors (Lipinski definition) is 1. The standard InChI is InChI=1S/C15H22F3N3O3/c1-10(13(23)20-6-2-3-7-20)19-12(22)11-4-8-21(9-5-11)14(24)15(16,17)18/h10-11H,2-9H2,1H3,(H,19,22)/t10-/m0/s1. The molecular formula is C15H22F3N3O3. The SMILES string of the molecule is C[C@H](NC(=O)C1CCN(C(=O)C(F)(F)F)CC1)C(=O)N1CCCC1. The number of nitrogens with zero attached hydrogens (tertiary/aromatic N) is 2. The Balaban J connectivity index is 1.80. The van der Waals surface area contributed by atoms with Gasteiger partial charge < -0.3 is 15.1 Å². The highest BCUT2D eigenvalue weighted by molar-refractivity contribution is 5.88. The van der Waals surface area contributed by atoms with E-state index in [-0.39, 0.29) is 37.7 Å². The van der Waals surface area contributed by atoms with Crippen molar-refractivity contribution in [2.75, 3.05) is 26.2 Å².